The van der Waals surface area contributed by atoms with Crippen LogP contribution in [-0.4, -0.2) is 196 Å². The first kappa shape index (κ1) is 74.0. The van der Waals surface area contributed by atoms with E-state index in [1.165, 1.54) is 7.11 Å². The minimum Gasteiger partial charge on any atom is -0.480 e. The zero-order chi connectivity index (χ0) is 66.4. The maximum Gasteiger partial charge on any atom is 0.321 e. The number of thioether (sulfide) groups is 1. The second-order valence-corrected chi connectivity index (χ2v) is 25.9. The average molecular weight is 1270 g/mol. The van der Waals surface area contributed by atoms with Gasteiger partial charge in [0.05, 0.1) is 47.9 Å². The number of likely N-dealkylation sites (N-methyl/N-ethyl adjacent to an activating group) is 2. The molecule has 0 radical (unpaired) electrons. The Morgan fingerprint density at radius 2 is 1.46 bits per heavy atom. The number of nitrogens with zero attached hydrogens (tertiary/aromatic N) is 4. The molecular weight excluding hydrogens is 1170 g/mol. The number of hydrogen-bond acceptors (Lipinski definition) is 16. The number of aromatic nitrogens is 1. The number of hydrazine groups is 1. The number of fused-ring (bicyclic) bond motifs is 1. The zero-order valence-corrected chi connectivity index (χ0v) is 55.2. The van der Waals surface area contributed by atoms with Crippen LogP contribution in [0.25, 0.3) is 10.9 Å². The number of aromatic amines is 1. The standard InChI is InChI=1S/C65H99N11O13S/c1-12-41(6)58(50(88-10)34-54(79)75-32-21-27-49(75)59(89-11)42(7)60(81)69-48(61(82)68-36-43-23-15-13-16-24-43)33-44-37-67-47-26-19-18-25-45(44)47)74(9)57(40(4)5)63(84)70-62(83)56(39(2)3)73(8)30-22-29-53(78)72-71-52(77)28-17-14-20-31-76-55(80)35-51(64(76)85)90-38-46(66)65(86)87/h13,15-16,18-19,23-26,37,39-42,46,48-51,56-59,67H,12,14,17,20-22,27-36,38,66H2,1-11H3,(H,68,82)(H,69,81)(H,71,77)(H,72,78)(H,86,87)(H,70,83,84)/t41-,42+,46-,48-,49-,50+,51?,56-,57-,58-,59+/m0/s1. The predicted octanol–water partition coefficient (Wildman–Crippen LogP) is 4.29. The summed E-state index contributed by atoms with van der Waals surface area (Å²) in [5.74, 6) is -6.05. The molecule has 5 rings (SSSR count). The van der Waals surface area contributed by atoms with Crippen molar-refractivity contribution in [2.24, 2.45) is 29.4 Å². The van der Waals surface area contributed by atoms with Crippen LogP contribution >= 0.6 is 11.8 Å². The van der Waals surface area contributed by atoms with Crippen molar-refractivity contribution in [1.29, 1.82) is 0 Å². The molecule has 9 N–H and O–H groups in total. The molecule has 2 saturated heterocycles. The number of methoxy groups -OCH3 is 2. The summed E-state index contributed by atoms with van der Waals surface area (Å²) in [6, 6.07) is 12.8. The minimum atomic E-state index is -1.18. The number of carbonyl (C=O) groups excluding carboxylic acids is 9. The molecule has 11 atom stereocenters. The summed E-state index contributed by atoms with van der Waals surface area (Å²) in [6.07, 6.45) is 4.45. The van der Waals surface area contributed by atoms with Gasteiger partial charge in [0.1, 0.15) is 12.1 Å². The fraction of sp³-hybridized carbons (Fsp3) is 0.631. The molecule has 498 valence electrons. The molecule has 1 unspecified atom stereocenters. The van der Waals surface area contributed by atoms with Crippen LogP contribution in [0.3, 0.4) is 0 Å². The SMILES string of the molecule is CC[C@H](C)[C@@H]([C@@H](CC(=O)N1CCC[C@H]1[C@H](OC)[C@@H](C)C(=O)N[C@@H](Cc1c[nH]c2ccccc12)C(=O)NCc1ccccc1)OC)N(C)[C@H](C(=O)NC(=O)[C@H](C(C)C)N(C)CCCC(=O)NNC(=O)CCCCCN1C(=O)CC(SC[C@H](N)C(=O)O)C1=O)C(C)C. The second-order valence-electron chi connectivity index (χ2n) is 24.7. The van der Waals surface area contributed by atoms with E-state index in [1.54, 1.807) is 30.9 Å². The number of hydrogen-bond donors (Lipinski definition) is 8. The van der Waals surface area contributed by atoms with E-state index in [9.17, 15) is 47.9 Å². The van der Waals surface area contributed by atoms with E-state index in [4.69, 9.17) is 20.3 Å². The number of nitrogens with two attached hydrogens (primary N) is 1. The number of carboxylic acids is 1. The first-order valence-corrected chi connectivity index (χ1v) is 32.7. The largest absolute Gasteiger partial charge is 0.480 e. The zero-order valence-electron chi connectivity index (χ0n) is 54.4. The Balaban J connectivity index is 1.13. The number of rotatable bonds is 37. The number of unbranched alkanes of at least 4 members (excludes halogenated alkanes) is 2. The van der Waals surface area contributed by atoms with Crippen molar-refractivity contribution in [2.45, 2.75) is 186 Å². The molecular formula is C65H99N11O13S. The van der Waals surface area contributed by atoms with Gasteiger partial charge in [-0.3, -0.25) is 78.8 Å². The van der Waals surface area contributed by atoms with E-state index in [0.717, 1.165) is 38.7 Å². The minimum absolute atomic E-state index is 0.00671. The Labute approximate surface area is 534 Å². The summed E-state index contributed by atoms with van der Waals surface area (Å²) in [4.78, 5) is 143. The molecule has 25 heteroatoms. The van der Waals surface area contributed by atoms with Gasteiger partial charge in [-0.25, -0.2) is 0 Å². The number of H-pyrrole nitrogens is 1. The van der Waals surface area contributed by atoms with Crippen LogP contribution in [0.15, 0.2) is 60.8 Å². The summed E-state index contributed by atoms with van der Waals surface area (Å²) in [7, 11) is 6.65. The lowest BCUT2D eigenvalue weighted by atomic mass is 9.87. The highest BCUT2D eigenvalue weighted by Gasteiger charge is 2.45. The third-order valence-electron chi connectivity index (χ3n) is 17.5. The Hall–Kier alpha value is -6.77. The molecule has 0 saturated carbocycles. The lowest BCUT2D eigenvalue weighted by Crippen LogP contribution is -2.60. The molecule has 24 nitrogen and oxygen atoms in total. The topological polar surface area (TPSA) is 324 Å². The normalized spacial score (nSPS) is 18.3. The monoisotopic (exact) mass is 1270 g/mol. The molecule has 0 bridgehead atoms. The maximum absolute atomic E-state index is 14.7. The number of amides is 9. The lowest BCUT2D eigenvalue weighted by Gasteiger charge is -2.43. The summed E-state index contributed by atoms with van der Waals surface area (Å²) >= 11 is 1.05. The Morgan fingerprint density at radius 1 is 0.811 bits per heavy atom. The number of para-hydroxylation sites is 1. The van der Waals surface area contributed by atoms with Crippen LogP contribution in [0.5, 0.6) is 0 Å². The van der Waals surface area contributed by atoms with Crippen LogP contribution in [0.1, 0.15) is 130 Å². The second kappa shape index (κ2) is 36.3. The Kier molecular flexibility index (Phi) is 29.8. The van der Waals surface area contributed by atoms with Gasteiger partial charge in [0.2, 0.25) is 53.2 Å². The van der Waals surface area contributed by atoms with Gasteiger partial charge in [-0.1, -0.05) is 110 Å². The molecule has 0 aliphatic carbocycles. The van der Waals surface area contributed by atoms with Gasteiger partial charge in [0, 0.05) is 88.4 Å². The number of carboxylic acid groups (broad SMARTS) is 1. The van der Waals surface area contributed by atoms with Crippen molar-refractivity contribution in [3.63, 3.8) is 0 Å². The number of carbonyl (C=O) groups is 10. The molecule has 3 heterocycles. The van der Waals surface area contributed by atoms with E-state index in [1.807, 2.05) is 114 Å². The number of imide groups is 2. The molecule has 2 aliphatic heterocycles. The highest BCUT2D eigenvalue weighted by molar-refractivity contribution is 8.00. The van der Waals surface area contributed by atoms with Crippen molar-refractivity contribution in [1.82, 2.24) is 51.4 Å². The molecule has 2 fully saturated rings. The highest BCUT2D eigenvalue weighted by atomic mass is 32.2. The van der Waals surface area contributed by atoms with Crippen molar-refractivity contribution in [3.05, 3.63) is 71.9 Å². The van der Waals surface area contributed by atoms with Crippen molar-refractivity contribution < 1.29 is 62.5 Å². The van der Waals surface area contributed by atoms with Gasteiger partial charge < -0.3 is 40.8 Å². The van der Waals surface area contributed by atoms with Crippen LogP contribution in [0, 0.1) is 23.7 Å². The third kappa shape index (κ3) is 20.9. The lowest BCUT2D eigenvalue weighted by molar-refractivity contribution is -0.145. The third-order valence-corrected chi connectivity index (χ3v) is 18.8. The molecule has 90 heavy (non-hydrogen) atoms. The maximum atomic E-state index is 14.7. The number of benzene rings is 2. The predicted molar refractivity (Wildman–Crippen MR) is 344 cm³/mol. The fourth-order valence-corrected chi connectivity index (χ4v) is 13.6. The molecule has 3 aromatic rings. The van der Waals surface area contributed by atoms with E-state index in [0.29, 0.717) is 58.0 Å². The fourth-order valence-electron chi connectivity index (χ4n) is 12.5. The molecule has 1 aromatic heterocycles. The van der Waals surface area contributed by atoms with E-state index >= 15 is 0 Å². The van der Waals surface area contributed by atoms with Crippen LogP contribution < -0.4 is 32.5 Å². The highest BCUT2D eigenvalue weighted by Crippen LogP contribution is 2.32. The van der Waals surface area contributed by atoms with Gasteiger partial charge in [0.25, 0.3) is 0 Å². The van der Waals surface area contributed by atoms with Crippen LogP contribution in [0.4, 0.5) is 0 Å². The molecule has 0 spiro atoms. The van der Waals surface area contributed by atoms with Gasteiger partial charge >= 0.3 is 5.97 Å². The van der Waals surface area contributed by atoms with E-state index in [2.05, 4.69) is 31.8 Å². The molecule has 2 aromatic carbocycles. The van der Waals surface area contributed by atoms with E-state index < -0.39 is 95.1 Å². The number of likely N-dealkylation sites (tertiary alicyclic amines) is 2. The molecule has 9 amide bonds. The summed E-state index contributed by atoms with van der Waals surface area (Å²) < 4.78 is 12.3. The van der Waals surface area contributed by atoms with Crippen molar-refractivity contribution in [2.75, 3.05) is 53.7 Å². The van der Waals surface area contributed by atoms with Gasteiger partial charge in [-0.15, -0.1) is 11.8 Å². The Morgan fingerprint density at radius 3 is 2.09 bits per heavy atom. The number of aliphatic carboxylic acids is 1. The average Bonchev–Trinajstić information content (AvgIpc) is 2.33. The van der Waals surface area contributed by atoms with Gasteiger partial charge in [-0.2, -0.15) is 0 Å². The summed E-state index contributed by atoms with van der Waals surface area (Å²) in [5.41, 5.74) is 13.1. The smallest absolute Gasteiger partial charge is 0.321 e. The number of ether oxygens (including phenoxy) is 2. The van der Waals surface area contributed by atoms with Gasteiger partial charge in [0.15, 0.2) is 0 Å². The van der Waals surface area contributed by atoms with Crippen LogP contribution in [-0.2, 0) is 70.4 Å². The van der Waals surface area contributed by atoms with Crippen molar-refractivity contribution in [3.8, 4) is 0 Å². The quantitative estimate of drug-likeness (QED) is 0.0227. The summed E-state index contributed by atoms with van der Waals surface area (Å²) in [5, 5.41) is 18.0. The number of nitrogens with one attached hydrogen (secondary N) is 6. The van der Waals surface area contributed by atoms with E-state index in [-0.39, 0.29) is 92.3 Å². The summed E-state index contributed by atoms with van der Waals surface area (Å²) in [6.45, 7) is 14.6. The first-order valence-electron chi connectivity index (χ1n) is 31.6. The molecule has 2 aliphatic rings. The van der Waals surface area contributed by atoms with Crippen molar-refractivity contribution >= 4 is 81.8 Å². The Bertz CT molecular complexity index is 2890. The first-order chi connectivity index (χ1) is 42.8. The van der Waals surface area contributed by atoms with Crippen LogP contribution in [0.2, 0.25) is 0 Å². The van der Waals surface area contributed by atoms with Gasteiger partial charge in [-0.05, 0) is 87.7 Å².